The van der Waals surface area contributed by atoms with Crippen molar-refractivity contribution < 1.29 is 13.6 Å². The summed E-state index contributed by atoms with van der Waals surface area (Å²) in [6.45, 7) is 3.45. The van der Waals surface area contributed by atoms with Crippen molar-refractivity contribution in [3.05, 3.63) is 35.4 Å². The Hall–Kier alpha value is -1.14. The number of thioether (sulfide) groups is 1. The minimum atomic E-state index is -0.559. The zero-order valence-corrected chi connectivity index (χ0v) is 12.5. The molecule has 21 heavy (non-hydrogen) atoms. The van der Waals surface area contributed by atoms with Crippen LogP contribution in [-0.2, 0) is 11.3 Å². The highest BCUT2D eigenvalue weighted by Crippen LogP contribution is 2.23. The molecule has 0 N–H and O–H groups in total. The van der Waals surface area contributed by atoms with Gasteiger partial charge >= 0.3 is 0 Å². The van der Waals surface area contributed by atoms with Crippen molar-refractivity contribution in [2.24, 2.45) is 5.92 Å². The fourth-order valence-corrected chi connectivity index (χ4v) is 3.69. The number of amides is 1. The second kappa shape index (κ2) is 6.32. The Bertz CT molecular complexity index is 528. The van der Waals surface area contributed by atoms with E-state index in [1.165, 1.54) is 12.1 Å². The third kappa shape index (κ3) is 3.37. The average Bonchev–Trinajstić information content (AvgIpc) is 2.44. The van der Waals surface area contributed by atoms with Crippen LogP contribution >= 0.6 is 11.8 Å². The zero-order chi connectivity index (χ0) is 14.8. The Kier molecular flexibility index (Phi) is 4.45. The first-order valence-corrected chi connectivity index (χ1v) is 8.32. The molecule has 2 fully saturated rings. The normalized spacial score (nSPS) is 20.4. The van der Waals surface area contributed by atoms with E-state index in [2.05, 4.69) is 0 Å². The number of benzene rings is 1. The molecule has 114 valence electrons. The molecule has 3 nitrogen and oxygen atoms in total. The molecular formula is C15H18F2N2OS. The van der Waals surface area contributed by atoms with Gasteiger partial charge in [0.1, 0.15) is 11.6 Å². The highest BCUT2D eigenvalue weighted by atomic mass is 32.2. The number of carbonyl (C=O) groups excluding carboxylic acids is 1. The minimum absolute atomic E-state index is 0.0385. The quantitative estimate of drug-likeness (QED) is 0.852. The van der Waals surface area contributed by atoms with Crippen LogP contribution in [0.4, 0.5) is 8.78 Å². The van der Waals surface area contributed by atoms with Crippen LogP contribution in [0, 0.1) is 17.6 Å². The Morgan fingerprint density at radius 1 is 1.24 bits per heavy atom. The number of likely N-dealkylation sites (tertiary alicyclic amines) is 1. The van der Waals surface area contributed by atoms with Crippen LogP contribution in [0.15, 0.2) is 18.2 Å². The van der Waals surface area contributed by atoms with Crippen LogP contribution < -0.4 is 0 Å². The lowest BCUT2D eigenvalue weighted by atomic mass is 9.97. The fraction of sp³-hybridized carbons (Fsp3) is 0.533. The van der Waals surface area contributed by atoms with Gasteiger partial charge in [0.15, 0.2) is 0 Å². The molecule has 0 aromatic heterocycles. The predicted molar refractivity (Wildman–Crippen MR) is 79.0 cm³/mol. The van der Waals surface area contributed by atoms with Gasteiger partial charge in [-0.1, -0.05) is 6.07 Å². The van der Waals surface area contributed by atoms with Gasteiger partial charge in [0.2, 0.25) is 5.91 Å². The molecule has 2 aliphatic rings. The summed E-state index contributed by atoms with van der Waals surface area (Å²) in [5.41, 5.74) is 0.483. The number of rotatable bonds is 3. The Balaban J connectivity index is 1.50. The Morgan fingerprint density at radius 3 is 2.62 bits per heavy atom. The Labute approximate surface area is 127 Å². The lowest BCUT2D eigenvalue weighted by Gasteiger charge is -2.41. The van der Waals surface area contributed by atoms with Crippen LogP contribution in [0.1, 0.15) is 5.56 Å². The molecule has 1 amide bonds. The molecule has 0 aliphatic carbocycles. The topological polar surface area (TPSA) is 23.6 Å². The molecule has 0 bridgehead atoms. The summed E-state index contributed by atoms with van der Waals surface area (Å²) in [6, 6.07) is 3.65. The van der Waals surface area contributed by atoms with Crippen molar-refractivity contribution in [3.63, 3.8) is 0 Å². The van der Waals surface area contributed by atoms with Gasteiger partial charge in [-0.3, -0.25) is 9.69 Å². The first kappa shape index (κ1) is 14.8. The molecule has 2 heterocycles. The summed E-state index contributed by atoms with van der Waals surface area (Å²) in [7, 11) is 0. The van der Waals surface area contributed by atoms with Crippen molar-refractivity contribution in [1.82, 2.24) is 9.80 Å². The van der Waals surface area contributed by atoms with E-state index in [1.54, 1.807) is 0 Å². The molecule has 3 rings (SSSR count). The SMILES string of the molecule is O=C(C1CN(Cc2ccc(F)cc2F)C1)N1CCSCC1. The molecule has 1 aromatic carbocycles. The van der Waals surface area contributed by atoms with E-state index in [0.29, 0.717) is 25.2 Å². The summed E-state index contributed by atoms with van der Waals surface area (Å²) in [5.74, 6) is 1.22. The van der Waals surface area contributed by atoms with Crippen LogP contribution in [0.2, 0.25) is 0 Å². The van der Waals surface area contributed by atoms with E-state index in [-0.39, 0.29) is 11.8 Å². The molecule has 0 saturated carbocycles. The van der Waals surface area contributed by atoms with E-state index < -0.39 is 11.6 Å². The first-order valence-electron chi connectivity index (χ1n) is 7.16. The lowest BCUT2D eigenvalue weighted by molar-refractivity contribution is -0.141. The van der Waals surface area contributed by atoms with Crippen LogP contribution in [0.5, 0.6) is 0 Å². The molecule has 0 atom stereocenters. The van der Waals surface area contributed by atoms with Gasteiger partial charge in [0, 0.05) is 55.9 Å². The molecule has 2 saturated heterocycles. The van der Waals surface area contributed by atoms with Crippen LogP contribution in [0.25, 0.3) is 0 Å². The Morgan fingerprint density at radius 2 is 1.95 bits per heavy atom. The second-order valence-electron chi connectivity index (χ2n) is 5.56. The highest BCUT2D eigenvalue weighted by molar-refractivity contribution is 7.99. The summed E-state index contributed by atoms with van der Waals surface area (Å²) in [5, 5.41) is 0. The van der Waals surface area contributed by atoms with Gasteiger partial charge in [-0.15, -0.1) is 0 Å². The van der Waals surface area contributed by atoms with E-state index in [0.717, 1.165) is 30.7 Å². The van der Waals surface area contributed by atoms with E-state index >= 15 is 0 Å². The maximum absolute atomic E-state index is 13.6. The van der Waals surface area contributed by atoms with Gasteiger partial charge in [-0.05, 0) is 6.07 Å². The molecule has 6 heteroatoms. The van der Waals surface area contributed by atoms with Crippen LogP contribution in [0.3, 0.4) is 0 Å². The van der Waals surface area contributed by atoms with Crippen molar-refractivity contribution in [2.45, 2.75) is 6.54 Å². The summed E-state index contributed by atoms with van der Waals surface area (Å²) < 4.78 is 26.4. The van der Waals surface area contributed by atoms with Crippen molar-refractivity contribution in [1.29, 1.82) is 0 Å². The molecule has 0 radical (unpaired) electrons. The number of halogens is 2. The van der Waals surface area contributed by atoms with Gasteiger partial charge in [0.05, 0.1) is 5.92 Å². The van der Waals surface area contributed by atoms with E-state index in [4.69, 9.17) is 0 Å². The number of hydrogen-bond acceptors (Lipinski definition) is 3. The average molecular weight is 312 g/mol. The largest absolute Gasteiger partial charge is 0.341 e. The molecule has 2 aliphatic heterocycles. The van der Waals surface area contributed by atoms with Crippen molar-refractivity contribution in [3.8, 4) is 0 Å². The van der Waals surface area contributed by atoms with Gasteiger partial charge < -0.3 is 4.90 Å². The molecule has 0 spiro atoms. The van der Waals surface area contributed by atoms with Crippen molar-refractivity contribution >= 4 is 17.7 Å². The minimum Gasteiger partial charge on any atom is -0.341 e. The number of carbonyl (C=O) groups is 1. The third-order valence-corrected chi connectivity index (χ3v) is 4.98. The third-order valence-electron chi connectivity index (χ3n) is 4.04. The lowest BCUT2D eigenvalue weighted by Crippen LogP contribution is -2.55. The summed E-state index contributed by atoms with van der Waals surface area (Å²) in [4.78, 5) is 16.2. The maximum Gasteiger partial charge on any atom is 0.228 e. The van der Waals surface area contributed by atoms with Crippen LogP contribution in [-0.4, -0.2) is 53.4 Å². The maximum atomic E-state index is 13.6. The predicted octanol–water partition coefficient (Wildman–Crippen LogP) is 1.97. The van der Waals surface area contributed by atoms with Crippen molar-refractivity contribution in [2.75, 3.05) is 37.7 Å². The number of nitrogens with zero attached hydrogens (tertiary/aromatic N) is 2. The van der Waals surface area contributed by atoms with E-state index in [9.17, 15) is 13.6 Å². The monoisotopic (exact) mass is 312 g/mol. The second-order valence-corrected chi connectivity index (χ2v) is 6.79. The molecule has 1 aromatic rings. The summed E-state index contributed by atoms with van der Waals surface area (Å²) in [6.07, 6.45) is 0. The standard InChI is InChI=1S/C15H18F2N2OS/c16-13-2-1-11(14(17)7-13)8-18-9-12(10-18)15(20)19-3-5-21-6-4-19/h1-2,7,12H,3-6,8-10H2. The fourth-order valence-electron chi connectivity index (χ4n) is 2.79. The molecule has 0 unspecified atom stereocenters. The van der Waals surface area contributed by atoms with E-state index in [1.807, 2.05) is 21.6 Å². The zero-order valence-electron chi connectivity index (χ0n) is 11.7. The van der Waals surface area contributed by atoms with Gasteiger partial charge in [0.25, 0.3) is 0 Å². The van der Waals surface area contributed by atoms with Gasteiger partial charge in [-0.25, -0.2) is 8.78 Å². The summed E-state index contributed by atoms with van der Waals surface area (Å²) >= 11 is 1.88. The van der Waals surface area contributed by atoms with Gasteiger partial charge in [-0.2, -0.15) is 11.8 Å². The molecular weight excluding hydrogens is 294 g/mol. The smallest absolute Gasteiger partial charge is 0.228 e. The highest BCUT2D eigenvalue weighted by Gasteiger charge is 2.35. The number of hydrogen-bond donors (Lipinski definition) is 0. The first-order chi connectivity index (χ1) is 10.1.